The van der Waals surface area contributed by atoms with Crippen LogP contribution in [0.15, 0.2) is 52.5 Å². The van der Waals surface area contributed by atoms with Crippen LogP contribution < -0.4 is 10.2 Å². The van der Waals surface area contributed by atoms with Gasteiger partial charge in [-0.25, -0.2) is 0 Å². The molecule has 2 aromatic carbocycles. The van der Waals surface area contributed by atoms with Crippen LogP contribution in [0.25, 0.3) is 6.08 Å². The van der Waals surface area contributed by atoms with Gasteiger partial charge in [-0.3, -0.25) is 19.8 Å². The second-order valence-corrected chi connectivity index (χ2v) is 6.85. The summed E-state index contributed by atoms with van der Waals surface area (Å²) >= 11 is 14.3. The number of halogens is 2. The van der Waals surface area contributed by atoms with Crippen molar-refractivity contribution in [1.29, 1.82) is 0 Å². The number of aromatic hydroxyl groups is 1. The predicted molar refractivity (Wildman–Crippen MR) is 103 cm³/mol. The Morgan fingerprint density at radius 2 is 1.84 bits per heavy atom. The third-order valence-corrected chi connectivity index (χ3v) is 4.59. The minimum Gasteiger partial charge on any atom is -0.506 e. The molecule has 0 saturated carbocycles. The maximum Gasteiger partial charge on any atom is 0.270 e. The molecule has 2 N–H and O–H groups in total. The Morgan fingerprint density at radius 3 is 2.48 bits per heavy atom. The fourth-order valence-corrected chi connectivity index (χ4v) is 3.00. The third kappa shape index (κ3) is 3.58. The van der Waals surface area contributed by atoms with Crippen LogP contribution in [0.3, 0.4) is 0 Å². The van der Waals surface area contributed by atoms with E-state index in [0.29, 0.717) is 11.3 Å². The molecule has 5 nitrogen and oxygen atoms in total. The van der Waals surface area contributed by atoms with E-state index in [1.807, 2.05) is 0 Å². The van der Waals surface area contributed by atoms with Gasteiger partial charge >= 0.3 is 0 Å². The van der Waals surface area contributed by atoms with Gasteiger partial charge < -0.3 is 5.11 Å². The van der Waals surface area contributed by atoms with Gasteiger partial charge in [0.25, 0.3) is 11.8 Å². The van der Waals surface area contributed by atoms with Crippen LogP contribution >= 0.6 is 39.7 Å². The smallest absolute Gasteiger partial charge is 0.270 e. The van der Waals surface area contributed by atoms with E-state index in [0.717, 1.165) is 4.47 Å². The molecule has 0 atom stereocenters. The van der Waals surface area contributed by atoms with Crippen LogP contribution in [-0.2, 0) is 9.59 Å². The molecule has 0 unspecified atom stereocenters. The minimum absolute atomic E-state index is 0.0122. The summed E-state index contributed by atoms with van der Waals surface area (Å²) in [5, 5.41) is 12.1. The Labute approximate surface area is 162 Å². The number of rotatable bonds is 2. The van der Waals surface area contributed by atoms with Crippen molar-refractivity contribution in [3.8, 4) is 5.75 Å². The number of benzene rings is 2. The lowest BCUT2D eigenvalue weighted by Gasteiger charge is -2.29. The number of nitrogens with zero attached hydrogens (tertiary/aromatic N) is 1. The first-order chi connectivity index (χ1) is 11.9. The summed E-state index contributed by atoms with van der Waals surface area (Å²) in [6.45, 7) is 0. The van der Waals surface area contributed by atoms with Gasteiger partial charge in [0, 0.05) is 4.47 Å². The Hall–Kier alpha value is -2.22. The van der Waals surface area contributed by atoms with Gasteiger partial charge in [-0.15, -0.1) is 0 Å². The topological polar surface area (TPSA) is 69.6 Å². The highest BCUT2D eigenvalue weighted by Crippen LogP contribution is 2.27. The van der Waals surface area contributed by atoms with Crippen LogP contribution in [0.5, 0.6) is 5.75 Å². The van der Waals surface area contributed by atoms with Gasteiger partial charge in [-0.2, -0.15) is 0 Å². The molecule has 0 radical (unpaired) electrons. The van der Waals surface area contributed by atoms with Crippen molar-refractivity contribution in [1.82, 2.24) is 5.32 Å². The molecule has 0 aliphatic carbocycles. The predicted octanol–water partition coefficient (Wildman–Crippen LogP) is 3.64. The average molecular weight is 438 g/mol. The number of carbonyl (C=O) groups excluding carboxylic acids is 2. The molecule has 25 heavy (non-hydrogen) atoms. The van der Waals surface area contributed by atoms with E-state index in [2.05, 4.69) is 21.2 Å². The minimum atomic E-state index is -0.590. The Morgan fingerprint density at radius 1 is 1.16 bits per heavy atom. The summed E-state index contributed by atoms with van der Waals surface area (Å²) in [5.74, 6) is -1.21. The monoisotopic (exact) mass is 436 g/mol. The van der Waals surface area contributed by atoms with Crippen LogP contribution in [0.1, 0.15) is 5.56 Å². The molecule has 1 heterocycles. The second-order valence-electron chi connectivity index (χ2n) is 5.15. The SMILES string of the molecule is O=C1NC(=S)N(c2ccc(Br)cc2)C(=O)C1=Cc1ccc(O)c(Cl)c1. The Balaban J connectivity index is 2.01. The molecule has 0 aromatic heterocycles. The molecule has 0 spiro atoms. The summed E-state index contributed by atoms with van der Waals surface area (Å²) in [7, 11) is 0. The average Bonchev–Trinajstić information content (AvgIpc) is 2.56. The molecule has 0 bridgehead atoms. The maximum absolute atomic E-state index is 12.8. The van der Waals surface area contributed by atoms with E-state index < -0.39 is 11.8 Å². The van der Waals surface area contributed by atoms with E-state index in [1.54, 1.807) is 30.3 Å². The number of thiocarbonyl (C=S) groups is 1. The molecular formula is C17H10BrClN2O3S. The van der Waals surface area contributed by atoms with Crippen LogP contribution in [0, 0.1) is 0 Å². The fraction of sp³-hybridized carbons (Fsp3) is 0. The van der Waals surface area contributed by atoms with Crippen molar-refractivity contribution in [2.45, 2.75) is 0 Å². The molecule has 1 aliphatic rings. The van der Waals surface area contributed by atoms with E-state index in [9.17, 15) is 14.7 Å². The number of nitrogens with one attached hydrogen (secondary N) is 1. The van der Waals surface area contributed by atoms with Crippen molar-refractivity contribution in [3.63, 3.8) is 0 Å². The Kier molecular flexibility index (Phi) is 4.89. The molecule has 3 rings (SSSR count). The third-order valence-electron chi connectivity index (χ3n) is 3.47. The number of amides is 2. The largest absolute Gasteiger partial charge is 0.506 e. The first kappa shape index (κ1) is 17.6. The zero-order chi connectivity index (χ0) is 18.1. The van der Waals surface area contributed by atoms with E-state index in [-0.39, 0.29) is 21.5 Å². The summed E-state index contributed by atoms with van der Waals surface area (Å²) < 4.78 is 0.852. The standard InChI is InChI=1S/C17H10BrClN2O3S/c18-10-2-4-11(5-3-10)21-16(24)12(15(23)20-17(21)25)7-9-1-6-14(22)13(19)8-9/h1-8,22H,(H,20,23,25). The molecule has 2 amide bonds. The summed E-state index contributed by atoms with van der Waals surface area (Å²) in [6.07, 6.45) is 1.40. The zero-order valence-electron chi connectivity index (χ0n) is 12.5. The van der Waals surface area contributed by atoms with Crippen molar-refractivity contribution in [2.75, 3.05) is 4.90 Å². The number of phenols is 1. The van der Waals surface area contributed by atoms with Crippen molar-refractivity contribution in [3.05, 3.63) is 63.1 Å². The number of hydrogen-bond donors (Lipinski definition) is 2. The number of anilines is 1. The highest BCUT2D eigenvalue weighted by molar-refractivity contribution is 9.10. The van der Waals surface area contributed by atoms with E-state index in [4.69, 9.17) is 23.8 Å². The highest BCUT2D eigenvalue weighted by Gasteiger charge is 2.34. The molecule has 2 aromatic rings. The van der Waals surface area contributed by atoms with Crippen LogP contribution in [0.4, 0.5) is 5.69 Å². The summed E-state index contributed by atoms with van der Waals surface area (Å²) in [6, 6.07) is 11.3. The van der Waals surface area contributed by atoms with Crippen LogP contribution in [0.2, 0.25) is 5.02 Å². The zero-order valence-corrected chi connectivity index (χ0v) is 15.7. The van der Waals surface area contributed by atoms with E-state index >= 15 is 0 Å². The Bertz CT molecular complexity index is 928. The fourth-order valence-electron chi connectivity index (χ4n) is 2.26. The quantitative estimate of drug-likeness (QED) is 0.428. The second kappa shape index (κ2) is 6.95. The first-order valence-corrected chi connectivity index (χ1v) is 8.60. The summed E-state index contributed by atoms with van der Waals surface area (Å²) in [5.41, 5.74) is 0.955. The lowest BCUT2D eigenvalue weighted by Crippen LogP contribution is -2.54. The lowest BCUT2D eigenvalue weighted by molar-refractivity contribution is -0.122. The normalized spacial score (nSPS) is 16.3. The molecule has 1 aliphatic heterocycles. The summed E-state index contributed by atoms with van der Waals surface area (Å²) in [4.78, 5) is 26.2. The number of phenolic OH excluding ortho intramolecular Hbond substituents is 1. The van der Waals surface area contributed by atoms with Gasteiger partial charge in [0.15, 0.2) is 5.11 Å². The molecule has 8 heteroatoms. The van der Waals surface area contributed by atoms with Gasteiger partial charge in [0.1, 0.15) is 11.3 Å². The number of hydrogen-bond acceptors (Lipinski definition) is 4. The maximum atomic E-state index is 12.8. The number of carbonyl (C=O) groups is 2. The van der Waals surface area contributed by atoms with Gasteiger partial charge in [0.05, 0.1) is 10.7 Å². The van der Waals surface area contributed by atoms with Crippen molar-refractivity contribution < 1.29 is 14.7 Å². The molecule has 1 saturated heterocycles. The van der Waals surface area contributed by atoms with Crippen molar-refractivity contribution in [2.24, 2.45) is 0 Å². The van der Waals surface area contributed by atoms with Crippen LogP contribution in [-0.4, -0.2) is 22.0 Å². The van der Waals surface area contributed by atoms with Gasteiger partial charge in [0.2, 0.25) is 0 Å². The van der Waals surface area contributed by atoms with Crippen molar-refractivity contribution >= 4 is 68.4 Å². The van der Waals surface area contributed by atoms with Gasteiger partial charge in [-0.05, 0) is 60.3 Å². The van der Waals surface area contributed by atoms with E-state index in [1.165, 1.54) is 23.1 Å². The molecule has 126 valence electrons. The van der Waals surface area contributed by atoms with Gasteiger partial charge in [-0.1, -0.05) is 33.6 Å². The highest BCUT2D eigenvalue weighted by atomic mass is 79.9. The first-order valence-electron chi connectivity index (χ1n) is 7.02. The molecular weight excluding hydrogens is 428 g/mol. The lowest BCUT2D eigenvalue weighted by atomic mass is 10.1. The molecule has 1 fully saturated rings.